The lowest BCUT2D eigenvalue weighted by Gasteiger charge is -2.36. The lowest BCUT2D eigenvalue weighted by molar-refractivity contribution is 0.0904. The molecule has 0 bridgehead atoms. The summed E-state index contributed by atoms with van der Waals surface area (Å²) in [4.78, 5) is 6.24. The number of hydrogen-bond donors (Lipinski definition) is 1. The molecule has 1 aliphatic heterocycles. The van der Waals surface area contributed by atoms with Gasteiger partial charge in [0.15, 0.2) is 5.96 Å². The van der Waals surface area contributed by atoms with Crippen molar-refractivity contribution in [2.45, 2.75) is 32.8 Å². The Labute approximate surface area is 201 Å². The number of hydrogen-bond acceptors (Lipinski definition) is 4. The number of nitrogens with one attached hydrogen (secondary N) is 1. The first-order valence-corrected chi connectivity index (χ1v) is 11.7. The van der Waals surface area contributed by atoms with Crippen molar-refractivity contribution in [1.29, 1.82) is 0 Å². The Kier molecular flexibility index (Phi) is 11.6. The van der Waals surface area contributed by atoms with Gasteiger partial charge in [0.1, 0.15) is 11.6 Å². The molecule has 7 nitrogen and oxygen atoms in total. The Hall–Kier alpha value is -1.05. The normalized spacial score (nSPS) is 16.9. The van der Waals surface area contributed by atoms with Crippen LogP contribution in [0.1, 0.15) is 32.3 Å². The highest BCUT2D eigenvalue weighted by molar-refractivity contribution is 14.0. The summed E-state index contributed by atoms with van der Waals surface area (Å²) in [5, 5.41) is 3.21. The van der Waals surface area contributed by atoms with E-state index in [0.29, 0.717) is 44.2 Å². The summed E-state index contributed by atoms with van der Waals surface area (Å²) in [6.45, 7) is 7.93. The van der Waals surface area contributed by atoms with E-state index < -0.39 is 21.7 Å². The maximum atomic E-state index is 14.0. The minimum atomic E-state index is -3.36. The van der Waals surface area contributed by atoms with Crippen molar-refractivity contribution in [3.05, 3.63) is 35.4 Å². The zero-order valence-electron chi connectivity index (χ0n) is 18.5. The maximum Gasteiger partial charge on any atom is 0.216 e. The van der Waals surface area contributed by atoms with Gasteiger partial charge in [-0.3, -0.25) is 4.99 Å². The SMILES string of the molecule is CN=C(NCC(C)c1ccc(F)cc1F)N1CCN(S(=O)(=O)CCOC(C)C)CC1.I. The van der Waals surface area contributed by atoms with Crippen LogP contribution >= 0.6 is 24.0 Å². The monoisotopic (exact) mass is 574 g/mol. The van der Waals surface area contributed by atoms with Gasteiger partial charge in [-0.1, -0.05) is 13.0 Å². The molecule has 0 saturated carbocycles. The molecule has 0 aliphatic carbocycles. The fourth-order valence-electron chi connectivity index (χ4n) is 3.28. The van der Waals surface area contributed by atoms with Crippen LogP contribution in [0.15, 0.2) is 23.2 Å². The largest absolute Gasteiger partial charge is 0.378 e. The lowest BCUT2D eigenvalue weighted by atomic mass is 10.0. The van der Waals surface area contributed by atoms with E-state index in [1.807, 2.05) is 25.7 Å². The van der Waals surface area contributed by atoms with E-state index in [9.17, 15) is 17.2 Å². The predicted octanol–water partition coefficient (Wildman–Crippen LogP) is 2.63. The average Bonchev–Trinajstić information content (AvgIpc) is 2.68. The van der Waals surface area contributed by atoms with Crippen molar-refractivity contribution >= 4 is 40.0 Å². The van der Waals surface area contributed by atoms with E-state index in [-0.39, 0.29) is 48.4 Å². The van der Waals surface area contributed by atoms with Gasteiger partial charge in [-0.25, -0.2) is 17.2 Å². The molecule has 1 unspecified atom stereocenters. The summed E-state index contributed by atoms with van der Waals surface area (Å²) in [6.07, 6.45) is -0.00257. The van der Waals surface area contributed by atoms with Crippen LogP contribution in [0.25, 0.3) is 0 Å². The summed E-state index contributed by atoms with van der Waals surface area (Å²) in [7, 11) is -1.71. The smallest absolute Gasteiger partial charge is 0.216 e. The summed E-state index contributed by atoms with van der Waals surface area (Å²) in [5.74, 6) is -0.760. The molecule has 178 valence electrons. The van der Waals surface area contributed by atoms with E-state index >= 15 is 0 Å². The zero-order chi connectivity index (χ0) is 22.3. The Balaban J connectivity index is 0.00000480. The maximum absolute atomic E-state index is 14.0. The lowest BCUT2D eigenvalue weighted by Crippen LogP contribution is -2.54. The molecule has 2 rings (SSSR count). The van der Waals surface area contributed by atoms with Gasteiger partial charge in [-0.15, -0.1) is 24.0 Å². The number of halogens is 3. The molecule has 0 aromatic heterocycles. The van der Waals surface area contributed by atoms with Crippen molar-refractivity contribution in [3.63, 3.8) is 0 Å². The fourth-order valence-corrected chi connectivity index (χ4v) is 4.57. The van der Waals surface area contributed by atoms with Gasteiger partial charge in [0.2, 0.25) is 10.0 Å². The molecule has 1 atom stereocenters. The van der Waals surface area contributed by atoms with Crippen LogP contribution in [0, 0.1) is 11.6 Å². The second-order valence-corrected chi connectivity index (χ2v) is 9.71. The molecule has 1 saturated heterocycles. The summed E-state index contributed by atoms with van der Waals surface area (Å²) < 4.78 is 58.8. The van der Waals surface area contributed by atoms with E-state index in [4.69, 9.17) is 4.74 Å². The van der Waals surface area contributed by atoms with Crippen LogP contribution in [0.4, 0.5) is 8.78 Å². The molecule has 11 heteroatoms. The minimum Gasteiger partial charge on any atom is -0.378 e. The standard InChI is InChI=1S/C20H32F2N4O3S.HI/c1-15(2)29-11-12-30(27,28)26-9-7-25(8-10-26)20(23-4)24-14-16(3)18-6-5-17(21)13-19(18)22;/h5-6,13,15-16H,7-12,14H2,1-4H3,(H,23,24);1H. The number of aliphatic imine (C=N–C) groups is 1. The first-order chi connectivity index (χ1) is 14.1. The van der Waals surface area contributed by atoms with E-state index in [2.05, 4.69) is 10.3 Å². The average molecular weight is 574 g/mol. The second-order valence-electron chi connectivity index (χ2n) is 7.62. The molecule has 31 heavy (non-hydrogen) atoms. The molecule has 1 N–H and O–H groups in total. The fraction of sp³-hybridized carbons (Fsp3) is 0.650. The number of benzene rings is 1. The molecular formula is C20H33F2IN4O3S. The molecular weight excluding hydrogens is 541 g/mol. The van der Waals surface area contributed by atoms with Gasteiger partial charge in [0, 0.05) is 51.8 Å². The number of guanidine groups is 1. The third-order valence-electron chi connectivity index (χ3n) is 5.00. The van der Waals surface area contributed by atoms with Gasteiger partial charge in [0.25, 0.3) is 0 Å². The molecule has 1 aromatic carbocycles. The Morgan fingerprint density at radius 2 is 1.84 bits per heavy atom. The van der Waals surface area contributed by atoms with Crippen LogP contribution in [0.3, 0.4) is 0 Å². The van der Waals surface area contributed by atoms with Crippen LogP contribution in [-0.2, 0) is 14.8 Å². The first-order valence-electron chi connectivity index (χ1n) is 10.1. The number of piperazine rings is 1. The number of rotatable bonds is 8. The highest BCUT2D eigenvalue weighted by Gasteiger charge is 2.28. The molecule has 0 radical (unpaired) electrons. The van der Waals surface area contributed by atoms with Gasteiger partial charge in [-0.2, -0.15) is 4.31 Å². The molecule has 1 fully saturated rings. The van der Waals surface area contributed by atoms with Gasteiger partial charge >= 0.3 is 0 Å². The van der Waals surface area contributed by atoms with Gasteiger partial charge in [0.05, 0.1) is 18.5 Å². The molecule has 1 aliphatic rings. The summed E-state index contributed by atoms with van der Waals surface area (Å²) in [5.41, 5.74) is 0.430. The summed E-state index contributed by atoms with van der Waals surface area (Å²) >= 11 is 0. The molecule has 1 heterocycles. The topological polar surface area (TPSA) is 74.2 Å². The van der Waals surface area contributed by atoms with Gasteiger partial charge in [-0.05, 0) is 25.5 Å². The Morgan fingerprint density at radius 1 is 1.19 bits per heavy atom. The predicted molar refractivity (Wildman–Crippen MR) is 130 cm³/mol. The van der Waals surface area contributed by atoms with Crippen molar-refractivity contribution in [1.82, 2.24) is 14.5 Å². The van der Waals surface area contributed by atoms with E-state index in [1.165, 1.54) is 16.4 Å². The summed E-state index contributed by atoms with van der Waals surface area (Å²) in [6, 6.07) is 3.58. The van der Waals surface area contributed by atoms with Gasteiger partial charge < -0.3 is 15.0 Å². The number of nitrogens with zero attached hydrogens (tertiary/aromatic N) is 3. The molecule has 0 spiro atoms. The Bertz CT molecular complexity index is 832. The minimum absolute atomic E-state index is 0. The third-order valence-corrected chi connectivity index (χ3v) is 6.83. The highest BCUT2D eigenvalue weighted by atomic mass is 127. The molecule has 1 aromatic rings. The third kappa shape index (κ3) is 8.43. The quantitative estimate of drug-likeness (QED) is 0.294. The Morgan fingerprint density at radius 3 is 2.39 bits per heavy atom. The highest BCUT2D eigenvalue weighted by Crippen LogP contribution is 2.19. The molecule has 0 amide bonds. The van der Waals surface area contributed by atoms with E-state index in [1.54, 1.807) is 7.05 Å². The van der Waals surface area contributed by atoms with Crippen molar-refractivity contribution < 1.29 is 21.9 Å². The van der Waals surface area contributed by atoms with Crippen molar-refractivity contribution in [2.75, 3.05) is 52.1 Å². The number of sulfonamides is 1. The van der Waals surface area contributed by atoms with Crippen LogP contribution < -0.4 is 5.32 Å². The first kappa shape index (κ1) is 28.0. The van der Waals surface area contributed by atoms with Crippen molar-refractivity contribution in [3.8, 4) is 0 Å². The zero-order valence-corrected chi connectivity index (χ0v) is 21.6. The van der Waals surface area contributed by atoms with Crippen LogP contribution in [0.2, 0.25) is 0 Å². The van der Waals surface area contributed by atoms with Crippen LogP contribution in [-0.4, -0.2) is 81.8 Å². The van der Waals surface area contributed by atoms with Crippen molar-refractivity contribution in [2.24, 2.45) is 4.99 Å². The van der Waals surface area contributed by atoms with E-state index in [0.717, 1.165) is 6.07 Å². The second kappa shape index (κ2) is 12.9. The van der Waals surface area contributed by atoms with Crippen LogP contribution in [0.5, 0.6) is 0 Å². The number of ether oxygens (including phenoxy) is 1.